The van der Waals surface area contributed by atoms with E-state index in [9.17, 15) is 14.4 Å². The summed E-state index contributed by atoms with van der Waals surface area (Å²) >= 11 is 0. The van der Waals surface area contributed by atoms with E-state index in [4.69, 9.17) is 0 Å². The van der Waals surface area contributed by atoms with E-state index in [1.165, 1.54) is 4.90 Å². The van der Waals surface area contributed by atoms with Crippen molar-refractivity contribution in [2.45, 2.75) is 38.1 Å². The Labute approximate surface area is 148 Å². The standard InChI is InChI=1S/C19H25N3O3/c1-21(2)19(25)13-6-5-7-15(10-13)20-18(24)14-11-17(23)22(12-14)16-8-3-4-9-16/h5-7,10,14,16H,3-4,8-9,11-12H2,1-2H3,(H,20,24). The van der Waals surface area contributed by atoms with Crippen molar-refractivity contribution in [1.82, 2.24) is 9.80 Å². The van der Waals surface area contributed by atoms with Gasteiger partial charge in [0.25, 0.3) is 5.91 Å². The molecule has 2 aliphatic rings. The number of benzene rings is 1. The van der Waals surface area contributed by atoms with Gasteiger partial charge in [-0.15, -0.1) is 0 Å². The molecule has 25 heavy (non-hydrogen) atoms. The molecule has 1 N–H and O–H groups in total. The van der Waals surface area contributed by atoms with Crippen molar-refractivity contribution in [3.05, 3.63) is 29.8 Å². The largest absolute Gasteiger partial charge is 0.345 e. The van der Waals surface area contributed by atoms with E-state index >= 15 is 0 Å². The van der Waals surface area contributed by atoms with E-state index in [0.29, 0.717) is 23.8 Å². The Bertz CT molecular complexity index is 680. The molecule has 1 saturated heterocycles. The Hall–Kier alpha value is -2.37. The van der Waals surface area contributed by atoms with Gasteiger partial charge in [0, 0.05) is 44.4 Å². The highest BCUT2D eigenvalue weighted by atomic mass is 16.2. The van der Waals surface area contributed by atoms with Crippen molar-refractivity contribution in [2.24, 2.45) is 5.92 Å². The Kier molecular flexibility index (Phi) is 5.06. The fourth-order valence-corrected chi connectivity index (χ4v) is 3.71. The molecule has 134 valence electrons. The minimum Gasteiger partial charge on any atom is -0.345 e. The lowest BCUT2D eigenvalue weighted by Gasteiger charge is -2.23. The van der Waals surface area contributed by atoms with Gasteiger partial charge < -0.3 is 15.1 Å². The van der Waals surface area contributed by atoms with Crippen LogP contribution in [0.2, 0.25) is 0 Å². The van der Waals surface area contributed by atoms with Gasteiger partial charge in [0.15, 0.2) is 0 Å². The van der Waals surface area contributed by atoms with Crippen LogP contribution >= 0.6 is 0 Å². The number of nitrogens with zero attached hydrogens (tertiary/aromatic N) is 2. The number of nitrogens with one attached hydrogen (secondary N) is 1. The fraction of sp³-hybridized carbons (Fsp3) is 0.526. The van der Waals surface area contributed by atoms with Crippen molar-refractivity contribution in [1.29, 1.82) is 0 Å². The average Bonchev–Trinajstić information content (AvgIpc) is 3.23. The van der Waals surface area contributed by atoms with E-state index < -0.39 is 0 Å². The average molecular weight is 343 g/mol. The predicted molar refractivity (Wildman–Crippen MR) is 95.2 cm³/mol. The number of amides is 3. The van der Waals surface area contributed by atoms with Crippen LogP contribution in [0.5, 0.6) is 0 Å². The summed E-state index contributed by atoms with van der Waals surface area (Å²) in [6.07, 6.45) is 4.71. The van der Waals surface area contributed by atoms with Crippen LogP contribution in [0.3, 0.4) is 0 Å². The second-order valence-corrected chi connectivity index (χ2v) is 7.16. The lowest BCUT2D eigenvalue weighted by Crippen LogP contribution is -2.35. The van der Waals surface area contributed by atoms with Crippen molar-refractivity contribution in [2.75, 3.05) is 26.0 Å². The normalized spacial score (nSPS) is 20.8. The first kappa shape index (κ1) is 17.5. The molecule has 1 aliphatic heterocycles. The van der Waals surface area contributed by atoms with Crippen LogP contribution in [-0.4, -0.2) is 54.2 Å². The Balaban J connectivity index is 1.64. The van der Waals surface area contributed by atoms with Crippen LogP contribution in [0.15, 0.2) is 24.3 Å². The van der Waals surface area contributed by atoms with Crippen LogP contribution in [0.1, 0.15) is 42.5 Å². The number of likely N-dealkylation sites (tertiary alicyclic amines) is 1. The molecule has 6 heteroatoms. The van der Waals surface area contributed by atoms with Crippen LogP contribution in [0.4, 0.5) is 5.69 Å². The third-order valence-corrected chi connectivity index (χ3v) is 5.08. The van der Waals surface area contributed by atoms with Gasteiger partial charge in [0.05, 0.1) is 5.92 Å². The number of rotatable bonds is 4. The molecule has 0 radical (unpaired) electrons. The van der Waals surface area contributed by atoms with Gasteiger partial charge in [-0.1, -0.05) is 18.9 Å². The third-order valence-electron chi connectivity index (χ3n) is 5.08. The fourth-order valence-electron chi connectivity index (χ4n) is 3.71. The number of carbonyl (C=O) groups is 3. The molecule has 1 aliphatic carbocycles. The monoisotopic (exact) mass is 343 g/mol. The van der Waals surface area contributed by atoms with Crippen molar-refractivity contribution in [3.8, 4) is 0 Å². The second-order valence-electron chi connectivity index (χ2n) is 7.16. The highest BCUT2D eigenvalue weighted by Crippen LogP contribution is 2.30. The first-order valence-electron chi connectivity index (χ1n) is 8.88. The maximum atomic E-state index is 12.6. The molecule has 0 bridgehead atoms. The zero-order chi connectivity index (χ0) is 18.0. The van der Waals surface area contributed by atoms with E-state index in [1.807, 2.05) is 4.90 Å². The first-order valence-corrected chi connectivity index (χ1v) is 8.88. The number of carbonyl (C=O) groups excluding carboxylic acids is 3. The Morgan fingerprint density at radius 1 is 1.20 bits per heavy atom. The zero-order valence-electron chi connectivity index (χ0n) is 14.8. The third kappa shape index (κ3) is 3.83. The summed E-state index contributed by atoms with van der Waals surface area (Å²) in [5.41, 5.74) is 1.11. The molecule has 0 spiro atoms. The molecular weight excluding hydrogens is 318 g/mol. The van der Waals surface area contributed by atoms with Crippen LogP contribution in [-0.2, 0) is 9.59 Å². The van der Waals surface area contributed by atoms with Gasteiger partial charge in [0.1, 0.15) is 0 Å². The maximum absolute atomic E-state index is 12.6. The first-order chi connectivity index (χ1) is 12.0. The Morgan fingerprint density at radius 2 is 1.92 bits per heavy atom. The van der Waals surface area contributed by atoms with Crippen molar-refractivity contribution >= 4 is 23.4 Å². The highest BCUT2D eigenvalue weighted by molar-refractivity contribution is 5.99. The summed E-state index contributed by atoms with van der Waals surface area (Å²) in [4.78, 5) is 40.2. The minimum atomic E-state index is -0.318. The second kappa shape index (κ2) is 7.25. The zero-order valence-corrected chi connectivity index (χ0v) is 14.8. The van der Waals surface area contributed by atoms with E-state index in [0.717, 1.165) is 25.7 Å². The summed E-state index contributed by atoms with van der Waals surface area (Å²) < 4.78 is 0. The molecule has 1 heterocycles. The van der Waals surface area contributed by atoms with Gasteiger partial charge in [-0.25, -0.2) is 0 Å². The predicted octanol–water partition coefficient (Wildman–Crippen LogP) is 2.12. The quantitative estimate of drug-likeness (QED) is 0.910. The lowest BCUT2D eigenvalue weighted by molar-refractivity contribution is -0.129. The molecule has 1 aromatic carbocycles. The number of hydrogen-bond donors (Lipinski definition) is 1. The molecule has 1 saturated carbocycles. The molecule has 1 aromatic rings. The van der Waals surface area contributed by atoms with Gasteiger partial charge in [-0.2, -0.15) is 0 Å². The molecule has 0 aromatic heterocycles. The topological polar surface area (TPSA) is 69.7 Å². The highest BCUT2D eigenvalue weighted by Gasteiger charge is 2.38. The summed E-state index contributed by atoms with van der Waals surface area (Å²) in [6, 6.07) is 7.21. The number of anilines is 1. The molecular formula is C19H25N3O3. The molecule has 1 unspecified atom stereocenters. The SMILES string of the molecule is CN(C)C(=O)c1cccc(NC(=O)C2CC(=O)N(C3CCCC3)C2)c1. The van der Waals surface area contributed by atoms with Crippen LogP contribution in [0.25, 0.3) is 0 Å². The summed E-state index contributed by atoms with van der Waals surface area (Å²) in [6.45, 7) is 0.506. The summed E-state index contributed by atoms with van der Waals surface area (Å²) in [7, 11) is 3.38. The van der Waals surface area contributed by atoms with E-state index in [-0.39, 0.29) is 30.1 Å². The van der Waals surface area contributed by atoms with E-state index in [2.05, 4.69) is 5.32 Å². The summed E-state index contributed by atoms with van der Waals surface area (Å²) in [5.74, 6) is -0.493. The molecule has 3 amide bonds. The molecule has 2 fully saturated rings. The van der Waals surface area contributed by atoms with Crippen molar-refractivity contribution < 1.29 is 14.4 Å². The summed E-state index contributed by atoms with van der Waals surface area (Å²) in [5, 5.41) is 2.86. The Morgan fingerprint density at radius 3 is 2.60 bits per heavy atom. The molecule has 6 nitrogen and oxygen atoms in total. The van der Waals surface area contributed by atoms with Gasteiger partial charge in [-0.3, -0.25) is 14.4 Å². The maximum Gasteiger partial charge on any atom is 0.253 e. The van der Waals surface area contributed by atoms with E-state index in [1.54, 1.807) is 38.4 Å². The minimum absolute atomic E-state index is 0.0867. The van der Waals surface area contributed by atoms with Gasteiger partial charge in [0.2, 0.25) is 11.8 Å². The molecule has 1 atom stereocenters. The number of hydrogen-bond acceptors (Lipinski definition) is 3. The van der Waals surface area contributed by atoms with Gasteiger partial charge in [-0.05, 0) is 31.0 Å². The smallest absolute Gasteiger partial charge is 0.253 e. The lowest BCUT2D eigenvalue weighted by atomic mass is 10.1. The van der Waals surface area contributed by atoms with Gasteiger partial charge >= 0.3 is 0 Å². The van der Waals surface area contributed by atoms with Crippen LogP contribution < -0.4 is 5.32 Å². The van der Waals surface area contributed by atoms with Crippen molar-refractivity contribution in [3.63, 3.8) is 0 Å². The van der Waals surface area contributed by atoms with Crippen LogP contribution in [0, 0.1) is 5.92 Å². The molecule has 3 rings (SSSR count).